The van der Waals surface area contributed by atoms with Crippen molar-refractivity contribution in [3.63, 3.8) is 0 Å². The summed E-state index contributed by atoms with van der Waals surface area (Å²) in [6.07, 6.45) is 1.38. The molecule has 0 aliphatic rings. The molecule has 0 bridgehead atoms. The monoisotopic (exact) mass is 399 g/mol. The predicted molar refractivity (Wildman–Crippen MR) is 106 cm³/mol. The van der Waals surface area contributed by atoms with Crippen LogP contribution < -0.4 is 5.66 Å². The van der Waals surface area contributed by atoms with E-state index in [2.05, 4.69) is 56.7 Å². The van der Waals surface area contributed by atoms with Gasteiger partial charge in [0.05, 0.1) is 12.8 Å². The molecule has 0 unspecified atom stereocenters. The maximum Gasteiger partial charge on any atom is 0.526 e. The molecule has 3 heterocycles. The summed E-state index contributed by atoms with van der Waals surface area (Å²) in [6.45, 7) is 6.62. The molecule has 8 nitrogen and oxygen atoms in total. The summed E-state index contributed by atoms with van der Waals surface area (Å²) in [6, 6.07) is 9.43. The summed E-state index contributed by atoms with van der Waals surface area (Å²) in [7, 11) is -1.48. The number of aromatic nitrogens is 5. The van der Waals surface area contributed by atoms with Crippen molar-refractivity contribution in [2.75, 3.05) is 0 Å². The van der Waals surface area contributed by atoms with Crippen molar-refractivity contribution < 1.29 is 14.5 Å². The topological polar surface area (TPSA) is 110 Å². The molecule has 10 heteroatoms. The first-order valence-corrected chi connectivity index (χ1v) is 8.92. The standard InChI is InChI=1S/C14H14ClN5.C4H5BO3/c1-8-4-5-11(6-9(8)2)7-20-14-12(18-19-20)13(15)16-10(3)17-14;6-5(7)4-2-1-3-8-4/h4-6H,7H2,1-3H3;1-3,6-7H. The van der Waals surface area contributed by atoms with E-state index >= 15 is 0 Å². The van der Waals surface area contributed by atoms with Crippen LogP contribution in [0.5, 0.6) is 0 Å². The molecule has 0 aliphatic heterocycles. The highest BCUT2D eigenvalue weighted by atomic mass is 35.5. The molecule has 28 heavy (non-hydrogen) atoms. The van der Waals surface area contributed by atoms with E-state index in [9.17, 15) is 0 Å². The number of rotatable bonds is 3. The van der Waals surface area contributed by atoms with Gasteiger partial charge in [0.25, 0.3) is 0 Å². The second-order valence-electron chi connectivity index (χ2n) is 6.29. The third kappa shape index (κ3) is 4.56. The normalized spacial score (nSPS) is 10.6. The Labute approximate surface area is 167 Å². The van der Waals surface area contributed by atoms with Crippen LogP contribution in [0.15, 0.2) is 41.0 Å². The number of benzene rings is 1. The minimum Gasteiger partial charge on any atom is -0.473 e. The third-order valence-electron chi connectivity index (χ3n) is 4.13. The van der Waals surface area contributed by atoms with Crippen molar-refractivity contribution >= 4 is 35.5 Å². The summed E-state index contributed by atoms with van der Waals surface area (Å²) >= 11 is 6.06. The van der Waals surface area contributed by atoms with Crippen LogP contribution >= 0.6 is 11.6 Å². The van der Waals surface area contributed by atoms with Crippen molar-refractivity contribution in [1.82, 2.24) is 25.0 Å². The zero-order chi connectivity index (χ0) is 20.3. The lowest BCUT2D eigenvalue weighted by atomic mass is 9.88. The number of furan rings is 1. The Bertz CT molecular complexity index is 1080. The van der Waals surface area contributed by atoms with Crippen molar-refractivity contribution in [3.8, 4) is 0 Å². The smallest absolute Gasteiger partial charge is 0.473 e. The number of aryl methyl sites for hydroxylation is 3. The fraction of sp³-hybridized carbons (Fsp3) is 0.222. The first-order chi connectivity index (χ1) is 13.3. The quantitative estimate of drug-likeness (QED) is 0.399. The van der Waals surface area contributed by atoms with Gasteiger partial charge in [0.2, 0.25) is 0 Å². The summed E-state index contributed by atoms with van der Waals surface area (Å²) in [5.41, 5.74) is 5.08. The van der Waals surface area contributed by atoms with Gasteiger partial charge in [-0.25, -0.2) is 14.6 Å². The molecule has 0 fully saturated rings. The van der Waals surface area contributed by atoms with E-state index in [-0.39, 0.29) is 5.66 Å². The number of hydrogen-bond donors (Lipinski definition) is 2. The Morgan fingerprint density at radius 1 is 1.11 bits per heavy atom. The molecule has 0 aliphatic carbocycles. The molecule has 0 saturated heterocycles. The second kappa shape index (κ2) is 8.51. The maximum absolute atomic E-state index is 8.37. The van der Waals surface area contributed by atoms with Gasteiger partial charge in [0.15, 0.2) is 16.3 Å². The number of nitrogens with zero attached hydrogens (tertiary/aromatic N) is 5. The zero-order valence-corrected chi connectivity index (χ0v) is 16.4. The fourth-order valence-corrected chi connectivity index (χ4v) is 2.79. The second-order valence-corrected chi connectivity index (χ2v) is 6.65. The van der Waals surface area contributed by atoms with Gasteiger partial charge in [-0.1, -0.05) is 35.0 Å². The van der Waals surface area contributed by atoms with Gasteiger partial charge in [-0.3, -0.25) is 0 Å². The van der Waals surface area contributed by atoms with Crippen molar-refractivity contribution in [2.24, 2.45) is 0 Å². The molecule has 0 saturated carbocycles. The first kappa shape index (κ1) is 20.0. The van der Waals surface area contributed by atoms with Gasteiger partial charge in [-0.05, 0) is 49.6 Å². The molecule has 0 spiro atoms. The third-order valence-corrected chi connectivity index (χ3v) is 4.40. The van der Waals surface area contributed by atoms with E-state index in [0.29, 0.717) is 28.7 Å². The van der Waals surface area contributed by atoms with Crippen LogP contribution in [0.4, 0.5) is 0 Å². The highest BCUT2D eigenvalue weighted by molar-refractivity contribution is 6.56. The van der Waals surface area contributed by atoms with Crippen LogP contribution in [-0.2, 0) is 6.54 Å². The Balaban J connectivity index is 0.000000236. The number of fused-ring (bicyclic) bond motifs is 1. The highest BCUT2D eigenvalue weighted by Gasteiger charge is 2.13. The van der Waals surface area contributed by atoms with Gasteiger partial charge in [-0.2, -0.15) is 0 Å². The lowest BCUT2D eigenvalue weighted by molar-refractivity contribution is 0.409. The Morgan fingerprint density at radius 3 is 2.50 bits per heavy atom. The molecular formula is C18H19BClN5O3. The lowest BCUT2D eigenvalue weighted by Gasteiger charge is -2.06. The largest absolute Gasteiger partial charge is 0.526 e. The van der Waals surface area contributed by atoms with Crippen molar-refractivity contribution in [1.29, 1.82) is 0 Å². The zero-order valence-electron chi connectivity index (χ0n) is 15.7. The van der Waals surface area contributed by atoms with Gasteiger partial charge < -0.3 is 14.5 Å². The van der Waals surface area contributed by atoms with E-state index in [4.69, 9.17) is 21.6 Å². The summed E-state index contributed by atoms with van der Waals surface area (Å²) < 4.78 is 6.34. The van der Waals surface area contributed by atoms with Crippen LogP contribution in [0.25, 0.3) is 11.2 Å². The van der Waals surface area contributed by atoms with E-state index < -0.39 is 7.12 Å². The van der Waals surface area contributed by atoms with Gasteiger partial charge in [0, 0.05) is 0 Å². The molecule has 1 aromatic carbocycles. The van der Waals surface area contributed by atoms with Gasteiger partial charge in [-0.15, -0.1) is 5.10 Å². The molecule has 3 aromatic heterocycles. The minimum atomic E-state index is -1.48. The maximum atomic E-state index is 8.37. The van der Waals surface area contributed by atoms with Crippen LogP contribution in [0.3, 0.4) is 0 Å². The summed E-state index contributed by atoms with van der Waals surface area (Å²) in [5.74, 6) is 0.617. The lowest BCUT2D eigenvalue weighted by Crippen LogP contribution is -2.27. The molecule has 0 amide bonds. The Kier molecular flexibility index (Phi) is 6.08. The molecule has 144 valence electrons. The van der Waals surface area contributed by atoms with Crippen LogP contribution in [0, 0.1) is 20.8 Å². The van der Waals surface area contributed by atoms with Gasteiger partial charge in [0.1, 0.15) is 11.5 Å². The Hall–Kier alpha value is -2.75. The Morgan fingerprint density at radius 2 is 1.89 bits per heavy atom. The average molecular weight is 400 g/mol. The molecule has 4 aromatic rings. The molecule has 0 atom stereocenters. The van der Waals surface area contributed by atoms with Crippen molar-refractivity contribution in [3.05, 3.63) is 64.3 Å². The summed E-state index contributed by atoms with van der Waals surface area (Å²) in [4.78, 5) is 8.46. The highest BCUT2D eigenvalue weighted by Crippen LogP contribution is 2.18. The molecule has 4 rings (SSSR count). The van der Waals surface area contributed by atoms with Crippen LogP contribution in [-0.4, -0.2) is 42.1 Å². The van der Waals surface area contributed by atoms with Crippen LogP contribution in [0.1, 0.15) is 22.5 Å². The van der Waals surface area contributed by atoms with E-state index in [1.807, 2.05) is 0 Å². The SMILES string of the molecule is Cc1nc(Cl)c2nnn(Cc3ccc(C)c(C)c3)c2n1.OB(O)c1ccco1. The molecular weight excluding hydrogens is 380 g/mol. The minimum absolute atomic E-state index is 0.171. The first-order valence-electron chi connectivity index (χ1n) is 8.54. The van der Waals surface area contributed by atoms with E-state index in [0.717, 1.165) is 5.56 Å². The van der Waals surface area contributed by atoms with Gasteiger partial charge >= 0.3 is 7.12 Å². The number of hydrogen-bond acceptors (Lipinski definition) is 7. The molecule has 0 radical (unpaired) electrons. The van der Waals surface area contributed by atoms with Crippen molar-refractivity contribution in [2.45, 2.75) is 27.3 Å². The molecule has 2 N–H and O–H groups in total. The van der Waals surface area contributed by atoms with E-state index in [1.165, 1.54) is 23.5 Å². The predicted octanol–water partition coefficient (Wildman–Crippen LogP) is 1.81. The van der Waals surface area contributed by atoms with E-state index in [1.54, 1.807) is 17.7 Å². The fourth-order valence-electron chi connectivity index (χ4n) is 2.54. The summed E-state index contributed by atoms with van der Waals surface area (Å²) in [5, 5.41) is 25.3. The average Bonchev–Trinajstić information content (AvgIpc) is 3.30. The number of halogens is 1. The van der Waals surface area contributed by atoms with Crippen LogP contribution in [0.2, 0.25) is 5.15 Å².